The van der Waals surface area contributed by atoms with Crippen LogP contribution in [0.3, 0.4) is 0 Å². The zero-order chi connectivity index (χ0) is 16.6. The Balaban J connectivity index is 2.07. The molecule has 1 aliphatic rings. The first-order chi connectivity index (χ1) is 11.0. The molecule has 23 heavy (non-hydrogen) atoms. The van der Waals surface area contributed by atoms with Gasteiger partial charge in [-0.2, -0.15) is 0 Å². The van der Waals surface area contributed by atoms with Gasteiger partial charge in [-0.3, -0.25) is 9.69 Å². The fourth-order valence-electron chi connectivity index (χ4n) is 2.67. The normalized spacial score (nSPS) is 14.0. The molecule has 0 bridgehead atoms. The van der Waals surface area contributed by atoms with Crippen molar-refractivity contribution in [3.63, 3.8) is 0 Å². The lowest BCUT2D eigenvalue weighted by atomic mass is 10.0. The Labute approximate surface area is 138 Å². The highest BCUT2D eigenvalue weighted by Gasteiger charge is 2.29. The van der Waals surface area contributed by atoms with Crippen LogP contribution in [0.5, 0.6) is 0 Å². The summed E-state index contributed by atoms with van der Waals surface area (Å²) < 4.78 is 14.1. The minimum absolute atomic E-state index is 0.00396. The van der Waals surface area contributed by atoms with Crippen LogP contribution >= 0.6 is 11.6 Å². The maximum Gasteiger partial charge on any atom is 0.324 e. The van der Waals surface area contributed by atoms with Crippen molar-refractivity contribution in [2.24, 2.45) is 0 Å². The zero-order valence-corrected chi connectivity index (χ0v) is 13.2. The van der Waals surface area contributed by atoms with Gasteiger partial charge in [0.05, 0.1) is 12.2 Å². The summed E-state index contributed by atoms with van der Waals surface area (Å²) >= 11 is 6.07. The minimum Gasteiger partial charge on any atom is -0.323 e. The molecule has 2 aromatic carbocycles. The van der Waals surface area contributed by atoms with Gasteiger partial charge >= 0.3 is 6.03 Å². The molecule has 0 radical (unpaired) electrons. The van der Waals surface area contributed by atoms with Crippen LogP contribution in [0.2, 0.25) is 5.02 Å². The average Bonchev–Trinajstić information content (AvgIpc) is 2.54. The molecular weight excluding hydrogens is 319 g/mol. The van der Waals surface area contributed by atoms with Crippen molar-refractivity contribution in [3.05, 3.63) is 63.9 Å². The highest BCUT2D eigenvalue weighted by Crippen LogP contribution is 2.32. The van der Waals surface area contributed by atoms with E-state index in [1.54, 1.807) is 31.3 Å². The van der Waals surface area contributed by atoms with E-state index in [-0.39, 0.29) is 23.2 Å². The topological polar surface area (TPSA) is 40.6 Å². The van der Waals surface area contributed by atoms with Crippen molar-refractivity contribution in [3.8, 4) is 0 Å². The van der Waals surface area contributed by atoms with E-state index in [1.807, 2.05) is 0 Å². The van der Waals surface area contributed by atoms with Crippen molar-refractivity contribution < 1.29 is 14.0 Å². The average molecular weight is 333 g/mol. The first-order valence-electron chi connectivity index (χ1n) is 7.05. The van der Waals surface area contributed by atoms with Gasteiger partial charge in [-0.25, -0.2) is 9.18 Å². The smallest absolute Gasteiger partial charge is 0.323 e. The number of aldehydes is 1. The summed E-state index contributed by atoms with van der Waals surface area (Å²) in [7, 11) is 1.68. The highest BCUT2D eigenvalue weighted by molar-refractivity contribution is 6.31. The molecule has 0 atom stereocenters. The largest absolute Gasteiger partial charge is 0.324 e. The molecule has 1 heterocycles. The summed E-state index contributed by atoms with van der Waals surface area (Å²) in [6.07, 6.45) is 0.720. The van der Waals surface area contributed by atoms with Crippen molar-refractivity contribution in [2.75, 3.05) is 11.9 Å². The van der Waals surface area contributed by atoms with Gasteiger partial charge < -0.3 is 4.90 Å². The van der Waals surface area contributed by atoms with Gasteiger partial charge in [0, 0.05) is 29.7 Å². The Bertz CT molecular complexity index is 774. The molecule has 2 aromatic rings. The Kier molecular flexibility index (Phi) is 4.05. The molecule has 0 spiro atoms. The lowest BCUT2D eigenvalue weighted by molar-refractivity contribution is 0.112. The summed E-state index contributed by atoms with van der Waals surface area (Å²) in [4.78, 5) is 26.5. The number of nitrogens with zero attached hydrogens (tertiary/aromatic N) is 2. The molecule has 0 aliphatic carbocycles. The number of carbonyl (C=O) groups is 2. The number of amides is 2. The van der Waals surface area contributed by atoms with Crippen molar-refractivity contribution >= 4 is 29.6 Å². The van der Waals surface area contributed by atoms with Crippen molar-refractivity contribution in [2.45, 2.75) is 13.1 Å². The first-order valence-corrected chi connectivity index (χ1v) is 7.42. The number of urea groups is 1. The van der Waals surface area contributed by atoms with Crippen LogP contribution in [0.15, 0.2) is 36.4 Å². The third-order valence-electron chi connectivity index (χ3n) is 3.88. The molecule has 0 fully saturated rings. The summed E-state index contributed by atoms with van der Waals surface area (Å²) in [5.41, 5.74) is 2.22. The predicted molar refractivity (Wildman–Crippen MR) is 86.3 cm³/mol. The van der Waals surface area contributed by atoms with E-state index in [9.17, 15) is 14.0 Å². The standard InChI is InChI=1S/C17H14ClFN2O2/c1-20-8-12-6-5-11(10-22)7-16(12)21(17(20)23)9-13-14(18)3-2-4-15(13)19/h2-7,10H,8-9H2,1H3. The van der Waals surface area contributed by atoms with E-state index in [2.05, 4.69) is 0 Å². The van der Waals surface area contributed by atoms with E-state index in [1.165, 1.54) is 21.9 Å². The van der Waals surface area contributed by atoms with E-state index in [0.29, 0.717) is 17.8 Å². The van der Waals surface area contributed by atoms with Crippen molar-refractivity contribution in [1.82, 2.24) is 4.90 Å². The molecular formula is C17H14ClFN2O2. The quantitative estimate of drug-likeness (QED) is 0.801. The van der Waals surface area contributed by atoms with Gasteiger partial charge in [0.25, 0.3) is 0 Å². The van der Waals surface area contributed by atoms with E-state index >= 15 is 0 Å². The van der Waals surface area contributed by atoms with Crippen molar-refractivity contribution in [1.29, 1.82) is 0 Å². The first kappa shape index (κ1) is 15.5. The van der Waals surface area contributed by atoms with Crippen LogP contribution < -0.4 is 4.90 Å². The molecule has 0 saturated carbocycles. The van der Waals surface area contributed by atoms with Gasteiger partial charge in [0.1, 0.15) is 12.1 Å². The number of halogens is 2. The second-order valence-electron chi connectivity index (χ2n) is 5.43. The van der Waals surface area contributed by atoms with Crippen LogP contribution in [0.1, 0.15) is 21.5 Å². The molecule has 1 aliphatic heterocycles. The summed E-state index contributed by atoms with van der Waals surface area (Å²) in [6.45, 7) is 0.443. The third kappa shape index (κ3) is 2.80. The Morgan fingerprint density at radius 1 is 1.30 bits per heavy atom. The number of carbonyl (C=O) groups excluding carboxylic acids is 2. The van der Waals surface area contributed by atoms with Gasteiger partial charge in [0.15, 0.2) is 0 Å². The van der Waals surface area contributed by atoms with Gasteiger partial charge in [-0.1, -0.05) is 29.8 Å². The Morgan fingerprint density at radius 3 is 2.78 bits per heavy atom. The van der Waals surface area contributed by atoms with Gasteiger partial charge in [0.2, 0.25) is 0 Å². The number of hydrogen-bond donors (Lipinski definition) is 0. The molecule has 0 N–H and O–H groups in total. The van der Waals surface area contributed by atoms with E-state index in [0.717, 1.165) is 11.8 Å². The second kappa shape index (κ2) is 6.01. The lowest BCUT2D eigenvalue weighted by Crippen LogP contribution is -2.45. The fraction of sp³-hybridized carbons (Fsp3) is 0.176. The highest BCUT2D eigenvalue weighted by atomic mass is 35.5. The molecule has 0 saturated heterocycles. The SMILES string of the molecule is CN1Cc2ccc(C=O)cc2N(Cc2c(F)cccc2Cl)C1=O. The lowest BCUT2D eigenvalue weighted by Gasteiger charge is -2.35. The van der Waals surface area contributed by atoms with Crippen LogP contribution in [-0.4, -0.2) is 24.3 Å². The van der Waals surface area contributed by atoms with E-state index < -0.39 is 5.82 Å². The number of benzene rings is 2. The molecule has 0 aromatic heterocycles. The maximum absolute atomic E-state index is 14.1. The zero-order valence-electron chi connectivity index (χ0n) is 12.4. The van der Waals surface area contributed by atoms with Crippen LogP contribution in [0, 0.1) is 5.82 Å². The molecule has 118 valence electrons. The van der Waals surface area contributed by atoms with Crippen LogP contribution in [-0.2, 0) is 13.1 Å². The van der Waals surface area contributed by atoms with E-state index in [4.69, 9.17) is 11.6 Å². The predicted octanol–water partition coefficient (Wildman–Crippen LogP) is 3.86. The maximum atomic E-state index is 14.1. The van der Waals surface area contributed by atoms with Crippen LogP contribution in [0.25, 0.3) is 0 Å². The Hall–Kier alpha value is -2.40. The number of hydrogen-bond acceptors (Lipinski definition) is 2. The molecule has 0 unspecified atom stereocenters. The summed E-state index contributed by atoms with van der Waals surface area (Å²) in [5.74, 6) is -0.466. The summed E-state index contributed by atoms with van der Waals surface area (Å²) in [6, 6.07) is 9.29. The fourth-order valence-corrected chi connectivity index (χ4v) is 2.89. The third-order valence-corrected chi connectivity index (χ3v) is 4.23. The summed E-state index contributed by atoms with van der Waals surface area (Å²) in [5, 5.41) is 0.263. The molecule has 6 heteroatoms. The minimum atomic E-state index is -0.466. The van der Waals surface area contributed by atoms with Gasteiger partial charge in [-0.05, 0) is 23.8 Å². The number of rotatable bonds is 3. The van der Waals surface area contributed by atoms with Crippen LogP contribution in [0.4, 0.5) is 14.9 Å². The monoisotopic (exact) mass is 332 g/mol. The number of fused-ring (bicyclic) bond motifs is 1. The van der Waals surface area contributed by atoms with Gasteiger partial charge in [-0.15, -0.1) is 0 Å². The number of anilines is 1. The Morgan fingerprint density at radius 2 is 2.09 bits per heavy atom. The molecule has 3 rings (SSSR count). The molecule has 4 nitrogen and oxygen atoms in total. The second-order valence-corrected chi connectivity index (χ2v) is 5.84. The molecule has 2 amide bonds.